The largest absolute Gasteiger partial charge is 0.496 e. The molecule has 0 fully saturated rings. The van der Waals surface area contributed by atoms with Crippen molar-refractivity contribution in [3.63, 3.8) is 0 Å². The zero-order chi connectivity index (χ0) is 12.4. The molecule has 0 bridgehead atoms. The summed E-state index contributed by atoms with van der Waals surface area (Å²) in [6.07, 6.45) is 7.07. The molecule has 0 aromatic heterocycles. The van der Waals surface area contributed by atoms with E-state index in [1.807, 2.05) is 7.05 Å². The first-order valence-corrected chi connectivity index (χ1v) is 6.98. The molecule has 1 heterocycles. The Morgan fingerprint density at radius 2 is 2.22 bits per heavy atom. The first-order valence-electron chi connectivity index (χ1n) is 6.98. The number of benzene rings is 1. The summed E-state index contributed by atoms with van der Waals surface area (Å²) >= 11 is 0. The Morgan fingerprint density at radius 1 is 1.33 bits per heavy atom. The van der Waals surface area contributed by atoms with Gasteiger partial charge in [0.15, 0.2) is 0 Å². The molecule has 0 radical (unpaired) electrons. The molecule has 2 nitrogen and oxygen atoms in total. The minimum Gasteiger partial charge on any atom is -0.496 e. The minimum absolute atomic E-state index is 0.342. The first-order chi connectivity index (χ1) is 8.90. The summed E-state index contributed by atoms with van der Waals surface area (Å²) in [6, 6.07) is 9.22. The SMILES string of the molecule is CNC(C1=CCCO1)C1CCCc2ccccc21. The summed E-state index contributed by atoms with van der Waals surface area (Å²) in [5, 5.41) is 3.46. The maximum atomic E-state index is 5.77. The third-order valence-corrected chi connectivity index (χ3v) is 4.17. The third kappa shape index (κ3) is 2.05. The van der Waals surface area contributed by atoms with Gasteiger partial charge in [0.1, 0.15) is 5.76 Å². The summed E-state index contributed by atoms with van der Waals surface area (Å²) in [7, 11) is 2.05. The Labute approximate surface area is 109 Å². The van der Waals surface area contributed by atoms with Gasteiger partial charge in [-0.2, -0.15) is 0 Å². The van der Waals surface area contributed by atoms with E-state index in [0.29, 0.717) is 12.0 Å². The van der Waals surface area contributed by atoms with Gasteiger partial charge in [0.2, 0.25) is 0 Å². The van der Waals surface area contributed by atoms with Crippen molar-refractivity contribution in [3.8, 4) is 0 Å². The maximum Gasteiger partial charge on any atom is 0.110 e. The molecule has 1 aromatic carbocycles. The monoisotopic (exact) mass is 243 g/mol. The molecule has 0 saturated heterocycles. The maximum absolute atomic E-state index is 5.77. The lowest BCUT2D eigenvalue weighted by molar-refractivity contribution is 0.205. The fourth-order valence-corrected chi connectivity index (χ4v) is 3.33. The van der Waals surface area contributed by atoms with Crippen molar-refractivity contribution in [2.45, 2.75) is 37.6 Å². The topological polar surface area (TPSA) is 21.3 Å². The molecule has 1 aliphatic heterocycles. The standard InChI is InChI=1S/C16H21NO/c1-17-16(15-10-5-11-18-15)14-9-4-7-12-6-2-3-8-13(12)14/h2-3,6,8,10,14,16-17H,4-5,7,9,11H2,1H3. The number of aryl methyl sites for hydroxylation is 1. The number of nitrogens with one attached hydrogen (secondary N) is 1. The Bertz CT molecular complexity index is 452. The number of ether oxygens (including phenoxy) is 1. The Hall–Kier alpha value is -1.28. The lowest BCUT2D eigenvalue weighted by atomic mass is 9.78. The van der Waals surface area contributed by atoms with E-state index < -0.39 is 0 Å². The molecular weight excluding hydrogens is 222 g/mol. The van der Waals surface area contributed by atoms with E-state index in [1.54, 1.807) is 0 Å². The molecule has 1 aromatic rings. The fourth-order valence-electron chi connectivity index (χ4n) is 3.33. The van der Waals surface area contributed by atoms with Crippen molar-refractivity contribution in [1.29, 1.82) is 0 Å². The quantitative estimate of drug-likeness (QED) is 0.881. The highest BCUT2D eigenvalue weighted by molar-refractivity contribution is 5.35. The van der Waals surface area contributed by atoms with Gasteiger partial charge in [-0.1, -0.05) is 24.3 Å². The van der Waals surface area contributed by atoms with Gasteiger partial charge in [-0.25, -0.2) is 0 Å². The second-order valence-electron chi connectivity index (χ2n) is 5.21. The molecule has 2 atom stereocenters. The lowest BCUT2D eigenvalue weighted by Gasteiger charge is -2.32. The Balaban J connectivity index is 1.92. The summed E-state index contributed by atoms with van der Waals surface area (Å²) in [5.74, 6) is 1.71. The second kappa shape index (κ2) is 5.15. The molecule has 96 valence electrons. The van der Waals surface area contributed by atoms with Crippen LogP contribution in [0.2, 0.25) is 0 Å². The van der Waals surface area contributed by atoms with E-state index in [2.05, 4.69) is 35.7 Å². The molecule has 0 spiro atoms. The number of fused-ring (bicyclic) bond motifs is 1. The van der Waals surface area contributed by atoms with Crippen LogP contribution in [0.4, 0.5) is 0 Å². The van der Waals surface area contributed by atoms with Crippen molar-refractivity contribution >= 4 is 0 Å². The molecular formula is C16H21NO. The van der Waals surface area contributed by atoms with E-state index >= 15 is 0 Å². The van der Waals surface area contributed by atoms with Crippen LogP contribution in [0.15, 0.2) is 36.1 Å². The molecule has 0 saturated carbocycles. The Kier molecular flexibility index (Phi) is 3.37. The van der Waals surface area contributed by atoms with Gasteiger partial charge in [-0.05, 0) is 43.5 Å². The highest BCUT2D eigenvalue weighted by Gasteiger charge is 2.30. The number of hydrogen-bond donors (Lipinski definition) is 1. The average molecular weight is 243 g/mol. The summed E-state index contributed by atoms with van der Waals surface area (Å²) in [4.78, 5) is 0. The van der Waals surface area contributed by atoms with Crippen LogP contribution in [-0.2, 0) is 11.2 Å². The molecule has 1 N–H and O–H groups in total. The van der Waals surface area contributed by atoms with Crippen molar-refractivity contribution in [2.24, 2.45) is 0 Å². The van der Waals surface area contributed by atoms with Crippen LogP contribution in [0.1, 0.15) is 36.3 Å². The summed E-state index contributed by atoms with van der Waals surface area (Å²) in [6.45, 7) is 0.849. The zero-order valence-electron chi connectivity index (χ0n) is 11.0. The molecule has 2 heteroatoms. The van der Waals surface area contributed by atoms with Gasteiger partial charge in [0, 0.05) is 12.3 Å². The molecule has 2 unspecified atom stereocenters. The lowest BCUT2D eigenvalue weighted by Crippen LogP contribution is -2.36. The molecule has 2 aliphatic rings. The van der Waals surface area contributed by atoms with E-state index in [-0.39, 0.29) is 0 Å². The Morgan fingerprint density at radius 3 is 3.00 bits per heavy atom. The third-order valence-electron chi connectivity index (χ3n) is 4.17. The average Bonchev–Trinajstić information content (AvgIpc) is 2.94. The van der Waals surface area contributed by atoms with E-state index in [4.69, 9.17) is 4.74 Å². The van der Waals surface area contributed by atoms with Crippen LogP contribution < -0.4 is 5.32 Å². The van der Waals surface area contributed by atoms with Crippen molar-refractivity contribution in [2.75, 3.05) is 13.7 Å². The van der Waals surface area contributed by atoms with Gasteiger partial charge in [-0.15, -0.1) is 0 Å². The van der Waals surface area contributed by atoms with Gasteiger partial charge in [0.25, 0.3) is 0 Å². The summed E-state index contributed by atoms with van der Waals surface area (Å²) in [5.41, 5.74) is 3.03. The second-order valence-corrected chi connectivity index (χ2v) is 5.21. The van der Waals surface area contributed by atoms with Crippen LogP contribution in [-0.4, -0.2) is 19.7 Å². The van der Waals surface area contributed by atoms with Crippen LogP contribution >= 0.6 is 0 Å². The van der Waals surface area contributed by atoms with E-state index in [0.717, 1.165) is 18.8 Å². The van der Waals surface area contributed by atoms with E-state index in [1.165, 1.54) is 30.4 Å². The zero-order valence-corrected chi connectivity index (χ0v) is 11.0. The van der Waals surface area contributed by atoms with Crippen molar-refractivity contribution in [1.82, 2.24) is 5.32 Å². The molecule has 18 heavy (non-hydrogen) atoms. The minimum atomic E-state index is 0.342. The predicted molar refractivity (Wildman–Crippen MR) is 73.6 cm³/mol. The highest BCUT2D eigenvalue weighted by atomic mass is 16.5. The highest BCUT2D eigenvalue weighted by Crippen LogP contribution is 2.37. The fraction of sp³-hybridized carbons (Fsp3) is 0.500. The van der Waals surface area contributed by atoms with Crippen LogP contribution in [0.5, 0.6) is 0 Å². The van der Waals surface area contributed by atoms with Gasteiger partial charge in [0.05, 0.1) is 12.6 Å². The number of hydrogen-bond acceptors (Lipinski definition) is 2. The summed E-state index contributed by atoms with van der Waals surface area (Å²) < 4.78 is 5.77. The molecule has 1 aliphatic carbocycles. The van der Waals surface area contributed by atoms with Crippen molar-refractivity contribution < 1.29 is 4.74 Å². The van der Waals surface area contributed by atoms with Crippen LogP contribution in [0.25, 0.3) is 0 Å². The van der Waals surface area contributed by atoms with Gasteiger partial charge < -0.3 is 10.1 Å². The predicted octanol–water partition coefficient (Wildman–Crippen LogP) is 3.00. The smallest absolute Gasteiger partial charge is 0.110 e. The van der Waals surface area contributed by atoms with Crippen molar-refractivity contribution in [3.05, 3.63) is 47.2 Å². The van der Waals surface area contributed by atoms with Crippen LogP contribution in [0.3, 0.4) is 0 Å². The van der Waals surface area contributed by atoms with Gasteiger partial charge in [-0.3, -0.25) is 0 Å². The van der Waals surface area contributed by atoms with E-state index in [9.17, 15) is 0 Å². The van der Waals surface area contributed by atoms with Gasteiger partial charge >= 0.3 is 0 Å². The first kappa shape index (κ1) is 11.8. The normalized spacial score (nSPS) is 24.1. The number of likely N-dealkylation sites (N-methyl/N-ethyl adjacent to an activating group) is 1. The number of rotatable bonds is 3. The molecule has 0 amide bonds. The molecule has 3 rings (SSSR count). The van der Waals surface area contributed by atoms with Crippen LogP contribution in [0, 0.1) is 0 Å².